The predicted molar refractivity (Wildman–Crippen MR) is 90.9 cm³/mol. The summed E-state index contributed by atoms with van der Waals surface area (Å²) in [6.45, 7) is 1.93. The maximum atomic E-state index is 12.6. The SMILES string of the molecule is Cc1ccc(S(=O)(=O)O[C@@H]2CCCC[C@@H]2c2ccccc2)cc1. The topological polar surface area (TPSA) is 43.4 Å². The monoisotopic (exact) mass is 330 g/mol. The van der Waals surface area contributed by atoms with Crippen LogP contribution in [0.5, 0.6) is 0 Å². The molecule has 0 heterocycles. The van der Waals surface area contributed by atoms with E-state index in [-0.39, 0.29) is 16.9 Å². The average molecular weight is 330 g/mol. The molecule has 2 aromatic rings. The molecule has 0 radical (unpaired) electrons. The summed E-state index contributed by atoms with van der Waals surface area (Å²) < 4.78 is 30.8. The van der Waals surface area contributed by atoms with E-state index in [0.717, 1.165) is 36.8 Å². The smallest absolute Gasteiger partial charge is 0.262 e. The molecule has 122 valence electrons. The summed E-state index contributed by atoms with van der Waals surface area (Å²) in [5.41, 5.74) is 2.19. The van der Waals surface area contributed by atoms with Crippen LogP contribution in [0.4, 0.5) is 0 Å². The molecule has 0 aliphatic heterocycles. The zero-order valence-corrected chi connectivity index (χ0v) is 14.1. The quantitative estimate of drug-likeness (QED) is 0.779. The molecule has 0 spiro atoms. The van der Waals surface area contributed by atoms with Gasteiger partial charge >= 0.3 is 0 Å². The standard InChI is InChI=1S/C19H22O3S/c1-15-11-13-17(14-12-15)23(20,21)22-19-10-6-5-9-18(19)16-7-3-2-4-8-16/h2-4,7-8,11-14,18-19H,5-6,9-10H2,1H3/t18-,19-/m1/s1. The Morgan fingerprint density at radius 2 is 1.57 bits per heavy atom. The Morgan fingerprint density at radius 1 is 0.913 bits per heavy atom. The number of hydrogen-bond acceptors (Lipinski definition) is 3. The largest absolute Gasteiger partial charge is 0.297 e. The van der Waals surface area contributed by atoms with E-state index in [4.69, 9.17) is 4.18 Å². The summed E-state index contributed by atoms with van der Waals surface area (Å²) in [4.78, 5) is 0.237. The Morgan fingerprint density at radius 3 is 2.26 bits per heavy atom. The van der Waals surface area contributed by atoms with Crippen molar-refractivity contribution in [2.24, 2.45) is 0 Å². The number of hydrogen-bond donors (Lipinski definition) is 0. The van der Waals surface area contributed by atoms with Gasteiger partial charge in [-0.25, -0.2) is 0 Å². The van der Waals surface area contributed by atoms with Crippen molar-refractivity contribution in [1.82, 2.24) is 0 Å². The van der Waals surface area contributed by atoms with Crippen molar-refractivity contribution in [1.29, 1.82) is 0 Å². The second-order valence-corrected chi connectivity index (χ2v) is 7.78. The van der Waals surface area contributed by atoms with Gasteiger partial charge < -0.3 is 0 Å². The Kier molecular flexibility index (Phi) is 4.83. The number of benzene rings is 2. The van der Waals surface area contributed by atoms with Gasteiger partial charge in [-0.2, -0.15) is 8.42 Å². The molecular formula is C19H22O3S. The first-order valence-corrected chi connectivity index (χ1v) is 9.52. The third kappa shape index (κ3) is 3.82. The van der Waals surface area contributed by atoms with E-state index >= 15 is 0 Å². The third-order valence-electron chi connectivity index (χ3n) is 4.49. The molecule has 1 saturated carbocycles. The van der Waals surface area contributed by atoms with Crippen molar-refractivity contribution in [2.45, 2.75) is 49.5 Å². The predicted octanol–water partition coefficient (Wildman–Crippen LogP) is 4.43. The summed E-state index contributed by atoms with van der Waals surface area (Å²) in [6, 6.07) is 16.9. The molecule has 1 aliphatic rings. The summed E-state index contributed by atoms with van der Waals surface area (Å²) in [5, 5.41) is 0. The maximum absolute atomic E-state index is 12.6. The Hall–Kier alpha value is -1.65. The van der Waals surface area contributed by atoms with E-state index in [0.29, 0.717) is 0 Å². The number of rotatable bonds is 4. The summed E-state index contributed by atoms with van der Waals surface area (Å²) in [5.74, 6) is 0.144. The molecule has 0 bridgehead atoms. The summed E-state index contributed by atoms with van der Waals surface area (Å²) in [6.07, 6.45) is 3.60. The molecule has 3 nitrogen and oxygen atoms in total. The lowest BCUT2D eigenvalue weighted by Gasteiger charge is -2.31. The lowest BCUT2D eigenvalue weighted by Crippen LogP contribution is -2.28. The van der Waals surface area contributed by atoms with Crippen LogP contribution in [0.1, 0.15) is 42.7 Å². The van der Waals surface area contributed by atoms with Crippen LogP contribution >= 0.6 is 0 Å². The second-order valence-electron chi connectivity index (χ2n) is 6.20. The zero-order chi connectivity index (χ0) is 16.3. The van der Waals surface area contributed by atoms with E-state index in [1.807, 2.05) is 25.1 Å². The summed E-state index contributed by atoms with van der Waals surface area (Å²) >= 11 is 0. The molecule has 0 N–H and O–H groups in total. The molecule has 4 heteroatoms. The van der Waals surface area contributed by atoms with Crippen LogP contribution in [-0.4, -0.2) is 14.5 Å². The van der Waals surface area contributed by atoms with Gasteiger partial charge in [0.05, 0.1) is 11.0 Å². The van der Waals surface area contributed by atoms with Gasteiger partial charge in [0, 0.05) is 5.92 Å². The molecule has 2 aromatic carbocycles. The highest BCUT2D eigenvalue weighted by Gasteiger charge is 2.31. The van der Waals surface area contributed by atoms with Crippen molar-refractivity contribution in [3.8, 4) is 0 Å². The van der Waals surface area contributed by atoms with Crippen LogP contribution in [0, 0.1) is 6.92 Å². The van der Waals surface area contributed by atoms with Crippen molar-refractivity contribution in [3.63, 3.8) is 0 Å². The molecule has 1 aliphatic carbocycles. The van der Waals surface area contributed by atoms with E-state index < -0.39 is 10.1 Å². The fraction of sp³-hybridized carbons (Fsp3) is 0.368. The first-order chi connectivity index (χ1) is 11.1. The van der Waals surface area contributed by atoms with Gasteiger partial charge in [0.1, 0.15) is 0 Å². The first kappa shape index (κ1) is 16.2. The van der Waals surface area contributed by atoms with Gasteiger partial charge in [0.25, 0.3) is 10.1 Å². The van der Waals surface area contributed by atoms with Crippen molar-refractivity contribution < 1.29 is 12.6 Å². The van der Waals surface area contributed by atoms with Gasteiger partial charge in [-0.15, -0.1) is 0 Å². The van der Waals surface area contributed by atoms with Gasteiger partial charge in [-0.1, -0.05) is 60.9 Å². The molecule has 0 amide bonds. The van der Waals surface area contributed by atoms with E-state index in [1.54, 1.807) is 24.3 Å². The lowest BCUT2D eigenvalue weighted by molar-refractivity contribution is 0.137. The molecule has 23 heavy (non-hydrogen) atoms. The fourth-order valence-corrected chi connectivity index (χ4v) is 4.35. The van der Waals surface area contributed by atoms with Crippen LogP contribution < -0.4 is 0 Å². The summed E-state index contributed by atoms with van der Waals surface area (Å²) in [7, 11) is -3.72. The normalized spacial score (nSPS) is 22.0. The van der Waals surface area contributed by atoms with Gasteiger partial charge in [-0.05, 0) is 37.5 Å². The van der Waals surface area contributed by atoms with Gasteiger partial charge in [0.2, 0.25) is 0 Å². The molecule has 0 unspecified atom stereocenters. The van der Waals surface area contributed by atoms with Crippen LogP contribution in [0.15, 0.2) is 59.5 Å². The highest BCUT2D eigenvalue weighted by molar-refractivity contribution is 7.86. The first-order valence-electron chi connectivity index (χ1n) is 8.11. The molecule has 0 saturated heterocycles. The highest BCUT2D eigenvalue weighted by Crippen LogP contribution is 2.36. The van der Waals surface area contributed by atoms with Crippen LogP contribution in [0.25, 0.3) is 0 Å². The highest BCUT2D eigenvalue weighted by atomic mass is 32.2. The maximum Gasteiger partial charge on any atom is 0.297 e. The Balaban J connectivity index is 1.83. The van der Waals surface area contributed by atoms with Crippen molar-refractivity contribution >= 4 is 10.1 Å². The van der Waals surface area contributed by atoms with Crippen molar-refractivity contribution in [3.05, 3.63) is 65.7 Å². The lowest BCUT2D eigenvalue weighted by atomic mass is 9.82. The molecule has 2 atom stereocenters. The average Bonchev–Trinajstić information content (AvgIpc) is 2.56. The minimum absolute atomic E-state index is 0.144. The minimum Gasteiger partial charge on any atom is -0.262 e. The number of aryl methyl sites for hydroxylation is 1. The fourth-order valence-electron chi connectivity index (χ4n) is 3.22. The minimum atomic E-state index is -3.72. The Bertz CT molecular complexity index is 736. The van der Waals surface area contributed by atoms with Gasteiger partial charge in [-0.3, -0.25) is 4.18 Å². The van der Waals surface area contributed by atoms with E-state index in [9.17, 15) is 8.42 Å². The molecule has 3 rings (SSSR count). The van der Waals surface area contributed by atoms with Crippen LogP contribution in [0.2, 0.25) is 0 Å². The third-order valence-corrected chi connectivity index (χ3v) is 5.84. The second kappa shape index (κ2) is 6.85. The Labute approximate surface area is 138 Å². The zero-order valence-electron chi connectivity index (χ0n) is 13.3. The van der Waals surface area contributed by atoms with Crippen LogP contribution in [0.3, 0.4) is 0 Å². The van der Waals surface area contributed by atoms with Gasteiger partial charge in [0.15, 0.2) is 0 Å². The molecule has 1 fully saturated rings. The molecule has 0 aromatic heterocycles. The van der Waals surface area contributed by atoms with Crippen molar-refractivity contribution in [2.75, 3.05) is 0 Å². The van der Waals surface area contributed by atoms with Crippen LogP contribution in [-0.2, 0) is 14.3 Å². The van der Waals surface area contributed by atoms with E-state index in [2.05, 4.69) is 12.1 Å². The van der Waals surface area contributed by atoms with E-state index in [1.165, 1.54) is 0 Å². The molecular weight excluding hydrogens is 308 g/mol.